The first-order valence-electron chi connectivity index (χ1n) is 5.35. The van der Waals surface area contributed by atoms with E-state index in [4.69, 9.17) is 33.2 Å². The van der Waals surface area contributed by atoms with Crippen molar-refractivity contribution < 1.29 is 0 Å². The summed E-state index contributed by atoms with van der Waals surface area (Å²) in [6, 6.07) is -2.60. The number of rotatable bonds is 2. The Morgan fingerprint density at radius 3 is 1.93 bits per heavy atom. The van der Waals surface area contributed by atoms with Gasteiger partial charge in [0, 0.05) is 5.04 Å². The molecule has 4 heteroatoms. The van der Waals surface area contributed by atoms with Gasteiger partial charge in [-0.2, -0.15) is 0 Å². The highest BCUT2D eigenvalue weighted by Gasteiger charge is 2.61. The van der Waals surface area contributed by atoms with E-state index >= 15 is 0 Å². The third kappa shape index (κ3) is 1.47. The average molecular weight is 272 g/mol. The molecule has 0 heterocycles. The fourth-order valence-corrected chi connectivity index (χ4v) is 6.13. The summed E-state index contributed by atoms with van der Waals surface area (Å²) in [5.74, 6) is 0.927. The minimum atomic E-state index is -2.60. The summed E-state index contributed by atoms with van der Waals surface area (Å²) in [5, 5.41) is -0.0596. The number of fused-ring (bicyclic) bond motifs is 2. The van der Waals surface area contributed by atoms with Crippen LogP contribution >= 0.6 is 33.2 Å². The van der Waals surface area contributed by atoms with Crippen LogP contribution in [-0.4, -0.2) is 6.00 Å². The molecule has 14 heavy (non-hydrogen) atoms. The van der Waals surface area contributed by atoms with Crippen LogP contribution in [0.5, 0.6) is 0 Å². The predicted molar refractivity (Wildman–Crippen MR) is 66.4 cm³/mol. The number of hydrogen-bond acceptors (Lipinski definition) is 0. The van der Waals surface area contributed by atoms with Gasteiger partial charge in [-0.25, -0.2) is 0 Å². The Labute approximate surface area is 101 Å². The predicted octanol–water partition coefficient (Wildman–Crippen LogP) is 5.00. The second kappa shape index (κ2) is 3.29. The highest BCUT2D eigenvalue weighted by Crippen LogP contribution is 2.70. The molecule has 0 saturated heterocycles. The van der Waals surface area contributed by atoms with Crippen LogP contribution in [0.3, 0.4) is 0 Å². The van der Waals surface area contributed by atoms with E-state index in [0.717, 1.165) is 5.92 Å². The van der Waals surface area contributed by atoms with Crippen molar-refractivity contribution in [1.29, 1.82) is 0 Å². The number of halogens is 3. The zero-order valence-electron chi connectivity index (χ0n) is 8.75. The molecular weight excluding hydrogens is 255 g/mol. The van der Waals surface area contributed by atoms with Crippen LogP contribution in [0, 0.1) is 11.3 Å². The molecule has 0 unspecified atom stereocenters. The van der Waals surface area contributed by atoms with E-state index in [1.165, 1.54) is 32.1 Å². The van der Waals surface area contributed by atoms with Crippen molar-refractivity contribution in [2.24, 2.45) is 11.3 Å². The molecule has 0 aliphatic heterocycles. The van der Waals surface area contributed by atoms with Crippen molar-refractivity contribution in [1.82, 2.24) is 0 Å². The van der Waals surface area contributed by atoms with Crippen molar-refractivity contribution in [3.05, 3.63) is 0 Å². The maximum atomic E-state index is 6.26. The van der Waals surface area contributed by atoms with Gasteiger partial charge >= 0.3 is 6.00 Å². The lowest BCUT2D eigenvalue weighted by molar-refractivity contribution is 0.211. The summed E-state index contributed by atoms with van der Waals surface area (Å²) < 4.78 is 0. The van der Waals surface area contributed by atoms with Gasteiger partial charge in [-0.05, 0) is 43.4 Å². The molecular formula is C10H17Cl3Si. The molecule has 0 amide bonds. The number of hydrogen-bond donors (Lipinski definition) is 0. The van der Waals surface area contributed by atoms with Crippen LogP contribution in [0.2, 0.25) is 5.04 Å². The third-order valence-corrected chi connectivity index (χ3v) is 11.0. The van der Waals surface area contributed by atoms with Crippen LogP contribution in [-0.2, 0) is 0 Å². The summed E-state index contributed by atoms with van der Waals surface area (Å²) >= 11 is 18.8. The van der Waals surface area contributed by atoms with Crippen LogP contribution in [0.15, 0.2) is 0 Å². The Morgan fingerprint density at radius 2 is 1.64 bits per heavy atom. The topological polar surface area (TPSA) is 0 Å². The fraction of sp³-hybridized carbons (Fsp3) is 1.00. The maximum Gasteiger partial charge on any atom is 0.347 e. The van der Waals surface area contributed by atoms with Crippen molar-refractivity contribution in [2.75, 3.05) is 0 Å². The van der Waals surface area contributed by atoms with E-state index in [0.29, 0.717) is 5.41 Å². The summed E-state index contributed by atoms with van der Waals surface area (Å²) in [4.78, 5) is 0. The SMILES string of the molecule is CC(C)(C12CCC(CC1)C2)[Si](Cl)(Cl)Cl. The van der Waals surface area contributed by atoms with Crippen LogP contribution in [0.25, 0.3) is 0 Å². The van der Waals surface area contributed by atoms with Gasteiger partial charge in [-0.15, -0.1) is 33.2 Å². The zero-order valence-corrected chi connectivity index (χ0v) is 12.0. The largest absolute Gasteiger partial charge is 0.347 e. The second-order valence-electron chi connectivity index (χ2n) is 5.55. The van der Waals surface area contributed by atoms with Crippen LogP contribution in [0.1, 0.15) is 46.0 Å². The molecule has 0 aromatic carbocycles. The molecule has 2 rings (SSSR count). The van der Waals surface area contributed by atoms with Gasteiger partial charge in [0.1, 0.15) is 0 Å². The van der Waals surface area contributed by atoms with Crippen molar-refractivity contribution in [3.8, 4) is 0 Å². The minimum absolute atomic E-state index is 0.0596. The van der Waals surface area contributed by atoms with Gasteiger partial charge in [-0.1, -0.05) is 13.8 Å². The summed E-state index contributed by atoms with van der Waals surface area (Å²) in [5.41, 5.74) is 0.356. The third-order valence-electron chi connectivity index (χ3n) is 4.78. The molecule has 0 atom stereocenters. The average Bonchev–Trinajstić information content (AvgIpc) is 2.61. The molecule has 0 aromatic heterocycles. The normalized spacial score (nSPS) is 37.9. The standard InChI is InChI=1S/C10H17Cl3Si/c1-9(2,14(11,12)13)10-5-3-8(7-10)4-6-10/h8H,3-7H2,1-2H3. The molecule has 82 valence electrons. The Morgan fingerprint density at radius 1 is 1.14 bits per heavy atom. The lowest BCUT2D eigenvalue weighted by Crippen LogP contribution is -2.41. The first-order chi connectivity index (χ1) is 6.29. The lowest BCUT2D eigenvalue weighted by atomic mass is 9.74. The fourth-order valence-electron chi connectivity index (χ4n) is 3.37. The molecule has 0 N–H and O–H groups in total. The van der Waals surface area contributed by atoms with Gasteiger partial charge in [0.25, 0.3) is 0 Å². The Bertz CT molecular complexity index is 236. The first-order valence-corrected chi connectivity index (χ1v) is 10.4. The Hall–Kier alpha value is 1.09. The van der Waals surface area contributed by atoms with Gasteiger partial charge in [-0.3, -0.25) is 0 Å². The lowest BCUT2D eigenvalue weighted by Gasteiger charge is -2.46. The van der Waals surface area contributed by atoms with Gasteiger partial charge in [0.05, 0.1) is 0 Å². The monoisotopic (exact) mass is 270 g/mol. The highest BCUT2D eigenvalue weighted by atomic mass is 35.8. The van der Waals surface area contributed by atoms with Gasteiger partial charge in [0.15, 0.2) is 0 Å². The molecule has 0 radical (unpaired) electrons. The molecule has 2 aliphatic rings. The molecule has 0 aromatic rings. The van der Waals surface area contributed by atoms with E-state index in [1.54, 1.807) is 0 Å². The minimum Gasteiger partial charge on any atom is -0.125 e. The molecule has 2 bridgehead atoms. The summed E-state index contributed by atoms with van der Waals surface area (Å²) in [7, 11) is 0. The van der Waals surface area contributed by atoms with E-state index in [1.807, 2.05) is 0 Å². The molecule has 0 nitrogen and oxygen atoms in total. The van der Waals surface area contributed by atoms with Crippen molar-refractivity contribution in [3.63, 3.8) is 0 Å². The van der Waals surface area contributed by atoms with Gasteiger partial charge < -0.3 is 0 Å². The summed E-state index contributed by atoms with van der Waals surface area (Å²) in [6.45, 7) is 4.36. The highest BCUT2D eigenvalue weighted by molar-refractivity contribution is 7.65. The maximum absolute atomic E-state index is 6.26. The second-order valence-corrected chi connectivity index (χ2v) is 14.6. The van der Waals surface area contributed by atoms with Crippen LogP contribution < -0.4 is 0 Å². The van der Waals surface area contributed by atoms with E-state index in [9.17, 15) is 0 Å². The Kier molecular flexibility index (Phi) is 2.72. The van der Waals surface area contributed by atoms with E-state index in [-0.39, 0.29) is 5.04 Å². The first kappa shape index (κ1) is 11.6. The van der Waals surface area contributed by atoms with E-state index < -0.39 is 6.00 Å². The molecule has 2 aliphatic carbocycles. The molecule has 2 saturated carbocycles. The van der Waals surface area contributed by atoms with Crippen molar-refractivity contribution >= 4 is 39.2 Å². The molecule has 2 fully saturated rings. The Balaban J connectivity index is 2.29. The quantitative estimate of drug-likeness (QED) is 0.490. The summed E-state index contributed by atoms with van der Waals surface area (Å²) in [6.07, 6.45) is 6.59. The zero-order chi connectivity index (χ0) is 10.6. The van der Waals surface area contributed by atoms with E-state index in [2.05, 4.69) is 13.8 Å². The van der Waals surface area contributed by atoms with Gasteiger partial charge in [0.2, 0.25) is 0 Å². The van der Waals surface area contributed by atoms with Crippen molar-refractivity contribution in [2.45, 2.75) is 51.0 Å². The smallest absolute Gasteiger partial charge is 0.125 e. The van der Waals surface area contributed by atoms with Crippen LogP contribution in [0.4, 0.5) is 0 Å². The molecule has 0 spiro atoms.